The average Bonchev–Trinajstić information content (AvgIpc) is 2.20. The molecule has 15 heavy (non-hydrogen) atoms. The van der Waals surface area contributed by atoms with E-state index < -0.39 is 5.41 Å². The normalized spacial score (nSPS) is 17.6. The summed E-state index contributed by atoms with van der Waals surface area (Å²) in [6.07, 6.45) is 2.69. The van der Waals surface area contributed by atoms with Crippen LogP contribution >= 0.6 is 0 Å². The number of nitrogens with zero attached hydrogens (tertiary/aromatic N) is 1. The zero-order valence-corrected chi connectivity index (χ0v) is 8.66. The molecule has 1 aliphatic rings. The first-order valence-corrected chi connectivity index (χ1v) is 5.01. The second kappa shape index (κ2) is 3.47. The predicted molar refractivity (Wildman–Crippen MR) is 55.8 cm³/mol. The molecule has 0 heterocycles. The van der Waals surface area contributed by atoms with E-state index in [9.17, 15) is 10.4 Å². The fourth-order valence-corrected chi connectivity index (χ4v) is 2.04. The van der Waals surface area contributed by atoms with Crippen molar-refractivity contribution in [1.29, 1.82) is 5.26 Å². The van der Waals surface area contributed by atoms with Gasteiger partial charge in [0.25, 0.3) is 0 Å². The molecule has 3 heteroatoms. The highest BCUT2D eigenvalue weighted by molar-refractivity contribution is 5.52. The lowest BCUT2D eigenvalue weighted by Gasteiger charge is -2.36. The van der Waals surface area contributed by atoms with Crippen LogP contribution in [0.5, 0.6) is 11.5 Å². The molecule has 78 valence electrons. The molecule has 1 N–H and O–H groups in total. The van der Waals surface area contributed by atoms with E-state index >= 15 is 0 Å². The predicted octanol–water partition coefficient (Wildman–Crippen LogP) is 2.35. The molecule has 3 nitrogen and oxygen atoms in total. The van der Waals surface area contributed by atoms with Crippen LogP contribution in [-0.4, -0.2) is 12.2 Å². The van der Waals surface area contributed by atoms with Gasteiger partial charge in [0.1, 0.15) is 0 Å². The molecule has 0 amide bonds. The zero-order valence-electron chi connectivity index (χ0n) is 8.66. The Morgan fingerprint density at radius 3 is 2.67 bits per heavy atom. The molecule has 1 aromatic carbocycles. The van der Waals surface area contributed by atoms with Crippen molar-refractivity contribution in [3.63, 3.8) is 0 Å². The number of aromatic hydroxyl groups is 1. The Morgan fingerprint density at radius 2 is 2.20 bits per heavy atom. The number of rotatable bonds is 2. The van der Waals surface area contributed by atoms with Crippen molar-refractivity contribution in [2.24, 2.45) is 0 Å². The van der Waals surface area contributed by atoms with E-state index in [1.807, 2.05) is 6.07 Å². The van der Waals surface area contributed by atoms with Gasteiger partial charge in [-0.3, -0.25) is 0 Å². The van der Waals surface area contributed by atoms with Gasteiger partial charge in [-0.25, -0.2) is 0 Å². The molecule has 1 saturated carbocycles. The van der Waals surface area contributed by atoms with E-state index in [1.54, 1.807) is 12.1 Å². The first-order valence-electron chi connectivity index (χ1n) is 5.01. The lowest BCUT2D eigenvalue weighted by atomic mass is 9.65. The average molecular weight is 203 g/mol. The second-order valence-electron chi connectivity index (χ2n) is 3.90. The third kappa shape index (κ3) is 1.33. The number of hydrogen-bond donors (Lipinski definition) is 1. The summed E-state index contributed by atoms with van der Waals surface area (Å²) in [5.74, 6) is 0.551. The van der Waals surface area contributed by atoms with Crippen LogP contribution in [0.4, 0.5) is 0 Å². The van der Waals surface area contributed by atoms with E-state index in [1.165, 1.54) is 7.11 Å². The highest BCUT2D eigenvalue weighted by Gasteiger charge is 2.41. The van der Waals surface area contributed by atoms with E-state index in [4.69, 9.17) is 4.74 Å². The molecular weight excluding hydrogens is 190 g/mol. The number of hydrogen-bond acceptors (Lipinski definition) is 3. The lowest BCUT2D eigenvalue weighted by molar-refractivity contribution is 0.303. The largest absolute Gasteiger partial charge is 0.504 e. The standard InChI is InChI=1S/C12H13NO2/c1-15-10-5-2-4-9(11(10)14)12(8-13)6-3-7-12/h2,4-5,14H,3,6-7H2,1H3. The SMILES string of the molecule is COc1cccc(C2(C#N)CCC2)c1O. The van der Waals surface area contributed by atoms with Crippen molar-refractivity contribution in [3.05, 3.63) is 23.8 Å². The van der Waals surface area contributed by atoms with Crippen molar-refractivity contribution in [3.8, 4) is 17.6 Å². The highest BCUT2D eigenvalue weighted by atomic mass is 16.5. The third-order valence-corrected chi connectivity index (χ3v) is 3.16. The Hall–Kier alpha value is -1.69. The van der Waals surface area contributed by atoms with Gasteiger partial charge in [0, 0.05) is 5.56 Å². The number of methoxy groups -OCH3 is 1. The van der Waals surface area contributed by atoms with E-state index in [0.29, 0.717) is 11.3 Å². The van der Waals surface area contributed by atoms with Gasteiger partial charge in [-0.05, 0) is 25.3 Å². The Balaban J connectivity index is 2.49. The van der Waals surface area contributed by atoms with Crippen LogP contribution in [0.3, 0.4) is 0 Å². The van der Waals surface area contributed by atoms with Gasteiger partial charge in [-0.2, -0.15) is 5.26 Å². The van der Waals surface area contributed by atoms with Gasteiger partial charge in [0.05, 0.1) is 18.6 Å². The molecule has 1 fully saturated rings. The minimum atomic E-state index is -0.487. The van der Waals surface area contributed by atoms with E-state index in [2.05, 4.69) is 6.07 Å². The first kappa shape index (κ1) is 9.85. The van der Waals surface area contributed by atoms with Gasteiger partial charge in [-0.15, -0.1) is 0 Å². The van der Waals surface area contributed by atoms with Gasteiger partial charge in [0.15, 0.2) is 11.5 Å². The minimum Gasteiger partial charge on any atom is -0.504 e. The van der Waals surface area contributed by atoms with E-state index in [0.717, 1.165) is 19.3 Å². The van der Waals surface area contributed by atoms with Crippen LogP contribution in [-0.2, 0) is 5.41 Å². The Labute approximate surface area is 88.9 Å². The summed E-state index contributed by atoms with van der Waals surface area (Å²) in [7, 11) is 1.51. The molecule has 0 spiro atoms. The summed E-state index contributed by atoms with van der Waals surface area (Å²) >= 11 is 0. The number of phenolic OH excluding ortho intramolecular Hbond substituents is 1. The lowest BCUT2D eigenvalue weighted by Crippen LogP contribution is -2.32. The van der Waals surface area contributed by atoms with Crippen LogP contribution in [0.2, 0.25) is 0 Å². The van der Waals surface area contributed by atoms with Crippen molar-refractivity contribution in [2.75, 3.05) is 7.11 Å². The topological polar surface area (TPSA) is 53.2 Å². The van der Waals surface area contributed by atoms with Crippen LogP contribution in [0.1, 0.15) is 24.8 Å². The fourth-order valence-electron chi connectivity index (χ4n) is 2.04. The molecule has 0 aromatic heterocycles. The summed E-state index contributed by atoms with van der Waals surface area (Å²) in [5.41, 5.74) is 0.217. The number of phenols is 1. The molecule has 0 atom stereocenters. The van der Waals surface area contributed by atoms with Crippen LogP contribution in [0.15, 0.2) is 18.2 Å². The summed E-state index contributed by atoms with van der Waals surface area (Å²) in [6, 6.07) is 7.62. The Morgan fingerprint density at radius 1 is 1.47 bits per heavy atom. The molecule has 1 aromatic rings. The van der Waals surface area contributed by atoms with Gasteiger partial charge >= 0.3 is 0 Å². The van der Waals surface area contributed by atoms with Crippen molar-refractivity contribution in [1.82, 2.24) is 0 Å². The maximum absolute atomic E-state index is 9.94. The maximum atomic E-state index is 9.94. The molecule has 0 aliphatic heterocycles. The first-order chi connectivity index (χ1) is 7.23. The van der Waals surface area contributed by atoms with Crippen molar-refractivity contribution < 1.29 is 9.84 Å². The molecule has 2 rings (SSSR count). The monoisotopic (exact) mass is 203 g/mol. The van der Waals surface area contributed by atoms with Crippen LogP contribution in [0, 0.1) is 11.3 Å². The van der Waals surface area contributed by atoms with Crippen LogP contribution < -0.4 is 4.74 Å². The van der Waals surface area contributed by atoms with Gasteiger partial charge < -0.3 is 9.84 Å². The quantitative estimate of drug-likeness (QED) is 0.802. The van der Waals surface area contributed by atoms with Crippen molar-refractivity contribution >= 4 is 0 Å². The summed E-state index contributed by atoms with van der Waals surface area (Å²) in [4.78, 5) is 0. The zero-order chi connectivity index (χ0) is 10.9. The van der Waals surface area contributed by atoms with Gasteiger partial charge in [-0.1, -0.05) is 12.1 Å². The Bertz CT molecular complexity index is 416. The summed E-state index contributed by atoms with van der Waals surface area (Å²) < 4.78 is 5.03. The number of para-hydroxylation sites is 1. The van der Waals surface area contributed by atoms with Gasteiger partial charge in [0.2, 0.25) is 0 Å². The third-order valence-electron chi connectivity index (χ3n) is 3.16. The molecule has 0 saturated heterocycles. The number of benzene rings is 1. The summed E-state index contributed by atoms with van der Waals surface area (Å²) in [5, 5.41) is 19.1. The Kier molecular flexibility index (Phi) is 2.28. The molecule has 0 unspecified atom stereocenters. The molecular formula is C12H13NO2. The van der Waals surface area contributed by atoms with Crippen LogP contribution in [0.25, 0.3) is 0 Å². The van der Waals surface area contributed by atoms with Crippen molar-refractivity contribution in [2.45, 2.75) is 24.7 Å². The molecule has 0 radical (unpaired) electrons. The number of nitriles is 1. The number of ether oxygens (including phenoxy) is 1. The molecule has 0 bridgehead atoms. The minimum absolute atomic E-state index is 0.112. The van der Waals surface area contributed by atoms with E-state index in [-0.39, 0.29) is 5.75 Å². The maximum Gasteiger partial charge on any atom is 0.162 e. The summed E-state index contributed by atoms with van der Waals surface area (Å²) in [6.45, 7) is 0. The highest BCUT2D eigenvalue weighted by Crippen LogP contribution is 2.48. The second-order valence-corrected chi connectivity index (χ2v) is 3.90. The fraction of sp³-hybridized carbons (Fsp3) is 0.417. The smallest absolute Gasteiger partial charge is 0.162 e. The molecule has 1 aliphatic carbocycles.